The third kappa shape index (κ3) is 4.36. The van der Waals surface area contributed by atoms with Gasteiger partial charge in [0.25, 0.3) is 0 Å². The molecule has 0 bridgehead atoms. The first kappa shape index (κ1) is 17.6. The molecule has 0 aromatic carbocycles. The number of carboxylic acids is 1. The Bertz CT molecular complexity index is 485. The lowest BCUT2D eigenvalue weighted by molar-refractivity contribution is -0.151. The van der Waals surface area contributed by atoms with Crippen molar-refractivity contribution in [2.24, 2.45) is 0 Å². The first-order valence-corrected chi connectivity index (χ1v) is 8.23. The Kier molecular flexibility index (Phi) is 5.16. The zero-order chi connectivity index (χ0) is 17.2. The fraction of sp³-hybridized carbons (Fsp3) is 0.812. The predicted octanol–water partition coefficient (Wildman–Crippen LogP) is 1.90. The summed E-state index contributed by atoms with van der Waals surface area (Å²) in [5, 5.41) is 12.0. The molecular formula is C16H26N2O5. The molecule has 7 nitrogen and oxygen atoms in total. The molecule has 2 aliphatic rings. The number of aliphatic carboxylic acids is 1. The van der Waals surface area contributed by atoms with Crippen LogP contribution in [0.15, 0.2) is 0 Å². The van der Waals surface area contributed by atoms with Gasteiger partial charge in [0.15, 0.2) is 0 Å². The van der Waals surface area contributed by atoms with Crippen molar-refractivity contribution in [1.82, 2.24) is 10.2 Å². The maximum absolute atomic E-state index is 12.8. The Labute approximate surface area is 136 Å². The minimum Gasteiger partial charge on any atom is -0.480 e. The summed E-state index contributed by atoms with van der Waals surface area (Å²) in [5.74, 6) is -1.28. The Morgan fingerprint density at radius 3 is 2.43 bits per heavy atom. The van der Waals surface area contributed by atoms with Crippen LogP contribution in [-0.4, -0.2) is 51.7 Å². The fourth-order valence-electron chi connectivity index (χ4n) is 3.36. The maximum Gasteiger partial charge on any atom is 0.408 e. The number of rotatable bonds is 2. The summed E-state index contributed by atoms with van der Waals surface area (Å²) in [4.78, 5) is 37.6. The molecule has 3 atom stereocenters. The topological polar surface area (TPSA) is 95.9 Å². The van der Waals surface area contributed by atoms with Crippen LogP contribution in [0, 0.1) is 0 Å². The molecule has 2 rings (SSSR count). The van der Waals surface area contributed by atoms with E-state index in [9.17, 15) is 19.5 Å². The van der Waals surface area contributed by atoms with Gasteiger partial charge in [0.05, 0.1) is 0 Å². The van der Waals surface area contributed by atoms with Gasteiger partial charge in [-0.2, -0.15) is 0 Å². The van der Waals surface area contributed by atoms with Gasteiger partial charge < -0.3 is 20.1 Å². The molecule has 0 aromatic heterocycles. The number of ether oxygens (including phenoxy) is 1. The van der Waals surface area contributed by atoms with E-state index in [1.807, 2.05) is 0 Å². The van der Waals surface area contributed by atoms with E-state index in [0.29, 0.717) is 19.3 Å². The summed E-state index contributed by atoms with van der Waals surface area (Å²) in [6.45, 7) is 5.26. The van der Waals surface area contributed by atoms with Crippen molar-refractivity contribution in [3.8, 4) is 0 Å². The van der Waals surface area contributed by atoms with Gasteiger partial charge in [-0.3, -0.25) is 4.79 Å². The van der Waals surface area contributed by atoms with E-state index < -0.39 is 29.7 Å². The molecular weight excluding hydrogens is 300 g/mol. The number of carbonyl (C=O) groups is 3. The highest BCUT2D eigenvalue weighted by Crippen LogP contribution is 2.31. The number of carbonyl (C=O) groups excluding carboxylic acids is 2. The molecule has 0 spiro atoms. The molecule has 2 amide bonds. The molecule has 7 heteroatoms. The second-order valence-corrected chi connectivity index (χ2v) is 7.31. The summed E-state index contributed by atoms with van der Waals surface area (Å²) < 4.78 is 5.21. The van der Waals surface area contributed by atoms with E-state index in [1.54, 1.807) is 20.8 Å². The molecule has 130 valence electrons. The highest BCUT2D eigenvalue weighted by Gasteiger charge is 2.44. The van der Waals surface area contributed by atoms with E-state index in [4.69, 9.17) is 4.74 Å². The van der Waals surface area contributed by atoms with Crippen molar-refractivity contribution in [3.05, 3.63) is 0 Å². The summed E-state index contributed by atoms with van der Waals surface area (Å²) >= 11 is 0. The number of fused-ring (bicyclic) bond motifs is 1. The monoisotopic (exact) mass is 326 g/mol. The van der Waals surface area contributed by atoms with E-state index in [2.05, 4.69) is 5.32 Å². The lowest BCUT2D eigenvalue weighted by Gasteiger charge is -2.34. The minimum absolute atomic E-state index is 0.0353. The Morgan fingerprint density at radius 2 is 1.83 bits per heavy atom. The molecule has 0 radical (unpaired) electrons. The first-order valence-electron chi connectivity index (χ1n) is 8.23. The molecule has 0 unspecified atom stereocenters. The number of hydrogen-bond acceptors (Lipinski definition) is 4. The molecule has 2 aliphatic heterocycles. The van der Waals surface area contributed by atoms with Gasteiger partial charge in [-0.25, -0.2) is 9.59 Å². The molecule has 0 saturated carbocycles. The van der Waals surface area contributed by atoms with Crippen LogP contribution in [-0.2, 0) is 14.3 Å². The van der Waals surface area contributed by atoms with Gasteiger partial charge in [0, 0.05) is 6.04 Å². The van der Waals surface area contributed by atoms with Crippen molar-refractivity contribution in [1.29, 1.82) is 0 Å². The second-order valence-electron chi connectivity index (χ2n) is 7.31. The van der Waals surface area contributed by atoms with Crippen LogP contribution in [0.1, 0.15) is 59.3 Å². The van der Waals surface area contributed by atoms with Crippen molar-refractivity contribution < 1.29 is 24.2 Å². The van der Waals surface area contributed by atoms with Gasteiger partial charge in [-0.05, 0) is 46.5 Å². The van der Waals surface area contributed by atoms with E-state index in [-0.39, 0.29) is 11.9 Å². The summed E-state index contributed by atoms with van der Waals surface area (Å²) in [7, 11) is 0. The van der Waals surface area contributed by atoms with Crippen molar-refractivity contribution in [3.63, 3.8) is 0 Å². The lowest BCUT2D eigenvalue weighted by atomic mass is 9.99. The quantitative estimate of drug-likeness (QED) is 0.808. The SMILES string of the molecule is CC(C)(C)OC(=O)N[C@H]1CCCC[C@H]2CC[C@@H](C(=O)O)N2C1=O. The van der Waals surface area contributed by atoms with E-state index in [1.165, 1.54) is 4.90 Å². The third-order valence-corrected chi connectivity index (χ3v) is 4.31. The molecule has 0 aromatic rings. The van der Waals surface area contributed by atoms with Gasteiger partial charge in [0.2, 0.25) is 5.91 Å². The second kappa shape index (κ2) is 6.76. The Morgan fingerprint density at radius 1 is 1.17 bits per heavy atom. The van der Waals surface area contributed by atoms with Crippen LogP contribution in [0.3, 0.4) is 0 Å². The van der Waals surface area contributed by atoms with Crippen molar-refractivity contribution in [2.75, 3.05) is 0 Å². The van der Waals surface area contributed by atoms with Crippen LogP contribution in [0.4, 0.5) is 4.79 Å². The minimum atomic E-state index is -0.975. The van der Waals surface area contributed by atoms with Gasteiger partial charge >= 0.3 is 12.1 Å². The van der Waals surface area contributed by atoms with Crippen LogP contribution in [0.5, 0.6) is 0 Å². The van der Waals surface area contributed by atoms with Gasteiger partial charge in [0.1, 0.15) is 17.7 Å². The average molecular weight is 326 g/mol. The standard InChI is InChI=1S/C16H26N2O5/c1-16(2,3)23-15(22)17-11-7-5-4-6-10-8-9-12(14(20)21)18(10)13(11)19/h10-12H,4-9H2,1-3H3,(H,17,22)(H,20,21)/t10-,11-,12-/m0/s1. The number of nitrogens with zero attached hydrogens (tertiary/aromatic N) is 1. The van der Waals surface area contributed by atoms with Crippen LogP contribution < -0.4 is 5.32 Å². The fourth-order valence-corrected chi connectivity index (χ4v) is 3.36. The number of alkyl carbamates (subject to hydrolysis) is 1. The maximum atomic E-state index is 12.8. The summed E-state index contributed by atoms with van der Waals surface area (Å²) in [5.41, 5.74) is -0.644. The summed E-state index contributed by atoms with van der Waals surface area (Å²) in [6.07, 6.45) is 3.63. The molecule has 23 heavy (non-hydrogen) atoms. The predicted molar refractivity (Wildman–Crippen MR) is 82.9 cm³/mol. The zero-order valence-electron chi connectivity index (χ0n) is 14.0. The van der Waals surface area contributed by atoms with Crippen molar-refractivity contribution >= 4 is 18.0 Å². The Balaban J connectivity index is 2.11. The molecule has 2 heterocycles. The van der Waals surface area contributed by atoms with Crippen LogP contribution in [0.25, 0.3) is 0 Å². The average Bonchev–Trinajstić information content (AvgIpc) is 2.81. The highest BCUT2D eigenvalue weighted by atomic mass is 16.6. The summed E-state index contributed by atoms with van der Waals surface area (Å²) in [6, 6.07) is -1.53. The third-order valence-electron chi connectivity index (χ3n) is 4.31. The molecule has 0 aliphatic carbocycles. The van der Waals surface area contributed by atoms with Crippen LogP contribution >= 0.6 is 0 Å². The number of nitrogens with one attached hydrogen (secondary N) is 1. The lowest BCUT2D eigenvalue weighted by Crippen LogP contribution is -2.55. The highest BCUT2D eigenvalue weighted by molar-refractivity contribution is 5.90. The smallest absolute Gasteiger partial charge is 0.408 e. The molecule has 2 saturated heterocycles. The van der Waals surface area contributed by atoms with E-state index in [0.717, 1.165) is 19.3 Å². The largest absolute Gasteiger partial charge is 0.480 e. The van der Waals surface area contributed by atoms with Crippen LogP contribution in [0.2, 0.25) is 0 Å². The van der Waals surface area contributed by atoms with Crippen molar-refractivity contribution in [2.45, 2.75) is 83.0 Å². The molecule has 2 fully saturated rings. The number of carboxylic acid groups (broad SMARTS) is 1. The normalized spacial score (nSPS) is 28.6. The Hall–Kier alpha value is -1.79. The van der Waals surface area contributed by atoms with E-state index >= 15 is 0 Å². The van der Waals surface area contributed by atoms with Gasteiger partial charge in [-0.1, -0.05) is 12.8 Å². The molecule has 2 N–H and O–H groups in total. The van der Waals surface area contributed by atoms with Gasteiger partial charge in [-0.15, -0.1) is 0 Å². The number of amides is 2. The first-order chi connectivity index (χ1) is 10.7. The zero-order valence-corrected chi connectivity index (χ0v) is 14.0. The number of hydrogen-bond donors (Lipinski definition) is 2.